The van der Waals surface area contributed by atoms with Gasteiger partial charge in [-0.15, -0.1) is 11.3 Å². The molecule has 6 rings (SSSR count). The zero-order valence-corrected chi connectivity index (χ0v) is 22.9. The molecular formula is C27H22ClN7O2S2. The van der Waals surface area contributed by atoms with Crippen LogP contribution in [0.25, 0.3) is 32.5 Å². The van der Waals surface area contributed by atoms with Crippen LogP contribution in [0.3, 0.4) is 0 Å². The highest BCUT2D eigenvalue weighted by Gasteiger charge is 2.30. The number of benzene rings is 2. The smallest absolute Gasteiger partial charge is 0.243 e. The van der Waals surface area contributed by atoms with Crippen LogP contribution in [0.15, 0.2) is 77.3 Å². The van der Waals surface area contributed by atoms with Gasteiger partial charge in [0.1, 0.15) is 5.69 Å². The lowest BCUT2D eigenvalue weighted by atomic mass is 10.1. The number of nitrogens with zero attached hydrogens (tertiary/aromatic N) is 6. The van der Waals surface area contributed by atoms with Crippen molar-refractivity contribution in [1.29, 1.82) is 0 Å². The number of halogens is 1. The van der Waals surface area contributed by atoms with E-state index in [0.717, 1.165) is 21.9 Å². The molecular weight excluding hydrogens is 554 g/mol. The summed E-state index contributed by atoms with van der Waals surface area (Å²) in [6, 6.07) is 15.5. The van der Waals surface area contributed by atoms with Gasteiger partial charge in [0.25, 0.3) is 0 Å². The second-order valence-electron chi connectivity index (χ2n) is 9.07. The number of thiazole rings is 1. The van der Waals surface area contributed by atoms with Crippen molar-refractivity contribution in [3.63, 3.8) is 0 Å². The minimum Gasteiger partial charge on any atom is -0.351 e. The number of hydrogen-bond acceptors (Lipinski definition) is 7. The summed E-state index contributed by atoms with van der Waals surface area (Å²) in [6.45, 7) is 8.16. The first-order valence-electron chi connectivity index (χ1n) is 12.2. The van der Waals surface area contributed by atoms with E-state index in [0.29, 0.717) is 48.3 Å². The molecule has 39 heavy (non-hydrogen) atoms. The average Bonchev–Trinajstić information content (AvgIpc) is 3.56. The summed E-state index contributed by atoms with van der Waals surface area (Å²) in [5, 5.41) is 5.86. The summed E-state index contributed by atoms with van der Waals surface area (Å²) < 4.78 is 29.6. The first-order valence-corrected chi connectivity index (χ1v) is 14.9. The standard InChI is InChI=1S/C27H22ClN7O2S2/c1-29-21-4-2-3-18(17-21)24-25(35-15-16-38-27(35)33-24)23-9-12-30-26(32-23)31-20-10-13-34(14-11-20)39(36,37)22-7-5-19(28)6-8-22/h2-9,12,15-17,20H,10-11,13-14H2,(H,30,31,32). The number of hydrogen-bond donors (Lipinski definition) is 1. The number of aromatic nitrogens is 4. The van der Waals surface area contributed by atoms with Gasteiger partial charge < -0.3 is 5.32 Å². The first kappa shape index (κ1) is 25.5. The van der Waals surface area contributed by atoms with E-state index in [1.807, 2.05) is 40.2 Å². The minimum absolute atomic E-state index is 0.0262. The maximum absolute atomic E-state index is 13.0. The van der Waals surface area contributed by atoms with E-state index in [-0.39, 0.29) is 10.9 Å². The number of sulfonamides is 1. The molecule has 1 aliphatic rings. The van der Waals surface area contributed by atoms with Crippen LogP contribution in [0.5, 0.6) is 0 Å². The Morgan fingerprint density at radius 1 is 1.08 bits per heavy atom. The summed E-state index contributed by atoms with van der Waals surface area (Å²) in [4.78, 5) is 18.7. The maximum Gasteiger partial charge on any atom is 0.243 e. The zero-order valence-electron chi connectivity index (χ0n) is 20.5. The largest absolute Gasteiger partial charge is 0.351 e. The molecule has 12 heteroatoms. The van der Waals surface area contributed by atoms with E-state index in [1.54, 1.807) is 24.4 Å². The molecule has 0 radical (unpaired) electrons. The number of anilines is 1. The highest BCUT2D eigenvalue weighted by atomic mass is 35.5. The van der Waals surface area contributed by atoms with Crippen molar-refractivity contribution >= 4 is 49.6 Å². The molecule has 4 heterocycles. The predicted molar refractivity (Wildman–Crippen MR) is 153 cm³/mol. The van der Waals surface area contributed by atoms with Gasteiger partial charge in [0.2, 0.25) is 16.0 Å². The van der Waals surface area contributed by atoms with Crippen LogP contribution >= 0.6 is 22.9 Å². The molecule has 0 saturated carbocycles. The molecule has 0 aliphatic carbocycles. The van der Waals surface area contributed by atoms with Crippen molar-refractivity contribution in [2.45, 2.75) is 23.8 Å². The summed E-state index contributed by atoms with van der Waals surface area (Å²) in [5.74, 6) is 0.470. The molecule has 0 spiro atoms. The second-order valence-corrected chi connectivity index (χ2v) is 12.3. The van der Waals surface area contributed by atoms with Crippen LogP contribution in [0, 0.1) is 6.57 Å². The Labute approximate surface area is 234 Å². The minimum atomic E-state index is -3.57. The van der Waals surface area contributed by atoms with Crippen LogP contribution in [-0.2, 0) is 10.0 Å². The maximum atomic E-state index is 13.0. The molecule has 0 unspecified atom stereocenters. The molecule has 1 saturated heterocycles. The van der Waals surface area contributed by atoms with Crippen LogP contribution < -0.4 is 5.32 Å². The highest BCUT2D eigenvalue weighted by Crippen LogP contribution is 2.35. The quantitative estimate of drug-likeness (QED) is 0.250. The van der Waals surface area contributed by atoms with Gasteiger partial charge in [-0.1, -0.05) is 29.8 Å². The SMILES string of the molecule is [C-]#[N+]c1cccc(-c2nc3sccn3c2-c2ccnc(NC3CCN(S(=O)(=O)c4ccc(Cl)cc4)CC3)n2)c1. The Balaban J connectivity index is 1.22. The molecule has 1 fully saturated rings. The van der Waals surface area contributed by atoms with E-state index < -0.39 is 10.0 Å². The Bertz CT molecular complexity index is 1800. The fraction of sp³-hybridized carbons (Fsp3) is 0.185. The summed E-state index contributed by atoms with van der Waals surface area (Å²) in [5.41, 5.74) is 3.66. The van der Waals surface area contributed by atoms with Gasteiger partial charge in [0, 0.05) is 41.9 Å². The second kappa shape index (κ2) is 10.4. The van der Waals surface area contributed by atoms with Gasteiger partial charge in [-0.25, -0.2) is 28.2 Å². The third-order valence-electron chi connectivity index (χ3n) is 6.65. The first-order chi connectivity index (χ1) is 18.9. The number of nitrogens with one attached hydrogen (secondary N) is 1. The molecule has 196 valence electrons. The molecule has 0 bridgehead atoms. The Kier molecular flexibility index (Phi) is 6.78. The predicted octanol–water partition coefficient (Wildman–Crippen LogP) is 5.99. The lowest BCUT2D eigenvalue weighted by Crippen LogP contribution is -2.42. The third kappa shape index (κ3) is 4.99. The molecule has 0 atom stereocenters. The lowest BCUT2D eigenvalue weighted by Gasteiger charge is -2.31. The van der Waals surface area contributed by atoms with E-state index in [1.165, 1.54) is 27.8 Å². The number of piperidine rings is 1. The molecule has 0 amide bonds. The third-order valence-corrected chi connectivity index (χ3v) is 9.57. The Morgan fingerprint density at radius 3 is 2.64 bits per heavy atom. The van der Waals surface area contributed by atoms with E-state index in [2.05, 4.69) is 15.1 Å². The number of rotatable bonds is 6. The Morgan fingerprint density at radius 2 is 1.87 bits per heavy atom. The van der Waals surface area contributed by atoms with Crippen molar-refractivity contribution in [3.05, 3.63) is 88.8 Å². The monoisotopic (exact) mass is 575 g/mol. The Hall–Kier alpha value is -3.82. The van der Waals surface area contributed by atoms with E-state index >= 15 is 0 Å². The summed E-state index contributed by atoms with van der Waals surface area (Å²) in [6.07, 6.45) is 4.90. The van der Waals surface area contributed by atoms with E-state index in [4.69, 9.17) is 28.1 Å². The van der Waals surface area contributed by atoms with Crippen molar-refractivity contribution in [2.75, 3.05) is 18.4 Å². The van der Waals surface area contributed by atoms with Crippen LogP contribution in [-0.4, -0.2) is 51.2 Å². The van der Waals surface area contributed by atoms with Crippen molar-refractivity contribution in [3.8, 4) is 22.6 Å². The molecule has 5 aromatic rings. The van der Waals surface area contributed by atoms with Gasteiger partial charge in [0.15, 0.2) is 10.6 Å². The summed E-state index contributed by atoms with van der Waals surface area (Å²) in [7, 11) is -3.57. The van der Waals surface area contributed by atoms with Crippen LogP contribution in [0.4, 0.5) is 11.6 Å². The van der Waals surface area contributed by atoms with Gasteiger partial charge in [-0.2, -0.15) is 4.31 Å². The van der Waals surface area contributed by atoms with Crippen molar-refractivity contribution < 1.29 is 8.42 Å². The number of fused-ring (bicyclic) bond motifs is 1. The fourth-order valence-corrected chi connectivity index (χ4v) is 7.00. The fourth-order valence-electron chi connectivity index (χ4n) is 4.69. The van der Waals surface area contributed by atoms with Gasteiger partial charge in [-0.3, -0.25) is 4.40 Å². The van der Waals surface area contributed by atoms with Crippen LogP contribution in [0.2, 0.25) is 5.02 Å². The lowest BCUT2D eigenvalue weighted by molar-refractivity contribution is 0.329. The van der Waals surface area contributed by atoms with Gasteiger partial charge in [-0.05, 0) is 54.8 Å². The topological polar surface area (TPSA) is 96.9 Å². The van der Waals surface area contributed by atoms with Crippen molar-refractivity contribution in [1.82, 2.24) is 23.7 Å². The molecule has 1 N–H and O–H groups in total. The van der Waals surface area contributed by atoms with Gasteiger partial charge >= 0.3 is 0 Å². The summed E-state index contributed by atoms with van der Waals surface area (Å²) >= 11 is 7.45. The number of imidazole rings is 1. The molecule has 2 aromatic carbocycles. The van der Waals surface area contributed by atoms with Crippen molar-refractivity contribution in [2.24, 2.45) is 0 Å². The molecule has 9 nitrogen and oxygen atoms in total. The highest BCUT2D eigenvalue weighted by molar-refractivity contribution is 7.89. The molecule has 1 aliphatic heterocycles. The van der Waals surface area contributed by atoms with Crippen LogP contribution in [0.1, 0.15) is 12.8 Å². The van der Waals surface area contributed by atoms with E-state index in [9.17, 15) is 8.42 Å². The normalized spacial score (nSPS) is 14.9. The van der Waals surface area contributed by atoms with Gasteiger partial charge in [0.05, 0.1) is 22.9 Å². The molecule has 3 aromatic heterocycles. The zero-order chi connectivity index (χ0) is 27.0. The average molecular weight is 576 g/mol.